The highest BCUT2D eigenvalue weighted by atomic mass is 19.4. The maximum atomic E-state index is 13.2. The van der Waals surface area contributed by atoms with Gasteiger partial charge >= 0.3 is 6.18 Å². The predicted molar refractivity (Wildman–Crippen MR) is 126 cm³/mol. The maximum Gasteiger partial charge on any atom is 0.416 e. The number of ether oxygens (including phenoxy) is 3. The Bertz CT molecular complexity index is 970. The lowest BCUT2D eigenvalue weighted by Gasteiger charge is -2.28. The van der Waals surface area contributed by atoms with Gasteiger partial charge in [0.1, 0.15) is 12.4 Å². The first-order valence-corrected chi connectivity index (χ1v) is 11.5. The Morgan fingerprint density at radius 1 is 1.06 bits per heavy atom. The van der Waals surface area contributed by atoms with E-state index >= 15 is 0 Å². The summed E-state index contributed by atoms with van der Waals surface area (Å²) in [7, 11) is 4.68. The standard InChI is InChI=1S/C26H33F3N2O4/c1-33-11-10-31(25(32)18-34-2)16-21-15-30(14-19-6-4-8-22(12-19)26(27,28)29)17-24(21)20-7-5-9-23(13-20)35-3/h4-9,12-13,21,24H,10-11,14-18H2,1-3H3. The Kier molecular flexibility index (Phi) is 9.54. The zero-order chi connectivity index (χ0) is 25.4. The average Bonchev–Trinajstić information content (AvgIpc) is 3.23. The van der Waals surface area contributed by atoms with Gasteiger partial charge in [0, 0.05) is 52.9 Å². The highest BCUT2D eigenvalue weighted by Crippen LogP contribution is 2.36. The van der Waals surface area contributed by atoms with Crippen LogP contribution in [-0.2, 0) is 27.0 Å². The second kappa shape index (κ2) is 12.4. The zero-order valence-corrected chi connectivity index (χ0v) is 20.4. The monoisotopic (exact) mass is 494 g/mol. The van der Waals surface area contributed by atoms with Crippen molar-refractivity contribution in [3.8, 4) is 5.75 Å². The van der Waals surface area contributed by atoms with Gasteiger partial charge in [-0.3, -0.25) is 9.69 Å². The molecule has 2 aromatic carbocycles. The Morgan fingerprint density at radius 3 is 2.51 bits per heavy atom. The zero-order valence-electron chi connectivity index (χ0n) is 20.4. The molecule has 1 fully saturated rings. The maximum absolute atomic E-state index is 13.2. The van der Waals surface area contributed by atoms with Crippen molar-refractivity contribution in [3.63, 3.8) is 0 Å². The number of hydrogen-bond donors (Lipinski definition) is 0. The highest BCUT2D eigenvalue weighted by molar-refractivity contribution is 5.77. The van der Waals surface area contributed by atoms with Crippen molar-refractivity contribution >= 4 is 5.91 Å². The number of carbonyl (C=O) groups excluding carboxylic acids is 1. The molecule has 0 radical (unpaired) electrons. The molecule has 0 aliphatic carbocycles. The number of carbonyl (C=O) groups is 1. The topological polar surface area (TPSA) is 51.2 Å². The van der Waals surface area contributed by atoms with Gasteiger partial charge in [-0.05, 0) is 35.2 Å². The molecule has 2 aromatic rings. The highest BCUT2D eigenvalue weighted by Gasteiger charge is 2.36. The Labute approximate surface area is 204 Å². The SMILES string of the molecule is COCCN(CC1CN(Cc2cccc(C(F)(F)F)c2)CC1c1cccc(OC)c1)C(=O)COC. The molecule has 1 saturated heterocycles. The second-order valence-corrected chi connectivity index (χ2v) is 8.80. The molecule has 0 aromatic heterocycles. The van der Waals surface area contributed by atoms with Crippen LogP contribution in [0.1, 0.15) is 22.6 Å². The number of rotatable bonds is 11. The van der Waals surface area contributed by atoms with Crippen LogP contribution in [0.4, 0.5) is 13.2 Å². The van der Waals surface area contributed by atoms with Crippen molar-refractivity contribution < 1.29 is 32.2 Å². The third kappa shape index (κ3) is 7.43. The van der Waals surface area contributed by atoms with Crippen LogP contribution in [0.15, 0.2) is 48.5 Å². The fraction of sp³-hybridized carbons (Fsp3) is 0.500. The molecule has 2 atom stereocenters. The molecule has 192 valence electrons. The van der Waals surface area contributed by atoms with E-state index in [4.69, 9.17) is 14.2 Å². The molecule has 0 N–H and O–H groups in total. The minimum Gasteiger partial charge on any atom is -0.497 e. The van der Waals surface area contributed by atoms with Gasteiger partial charge in [-0.1, -0.05) is 30.3 Å². The molecule has 2 unspecified atom stereocenters. The van der Waals surface area contributed by atoms with Gasteiger partial charge in [-0.15, -0.1) is 0 Å². The minimum atomic E-state index is -4.38. The van der Waals surface area contributed by atoms with E-state index in [0.717, 1.165) is 17.4 Å². The van der Waals surface area contributed by atoms with Crippen molar-refractivity contribution in [2.45, 2.75) is 18.6 Å². The van der Waals surface area contributed by atoms with Gasteiger partial charge in [0.15, 0.2) is 0 Å². The third-order valence-corrected chi connectivity index (χ3v) is 6.34. The van der Waals surface area contributed by atoms with E-state index < -0.39 is 11.7 Å². The number of benzene rings is 2. The third-order valence-electron chi connectivity index (χ3n) is 6.34. The van der Waals surface area contributed by atoms with Crippen molar-refractivity contribution in [2.24, 2.45) is 5.92 Å². The number of amides is 1. The van der Waals surface area contributed by atoms with Crippen LogP contribution in [0.2, 0.25) is 0 Å². The summed E-state index contributed by atoms with van der Waals surface area (Å²) in [5, 5.41) is 0. The van der Waals surface area contributed by atoms with Crippen LogP contribution in [0.25, 0.3) is 0 Å². The Morgan fingerprint density at radius 2 is 1.83 bits per heavy atom. The van der Waals surface area contributed by atoms with E-state index in [1.165, 1.54) is 19.2 Å². The van der Waals surface area contributed by atoms with Crippen LogP contribution in [0.3, 0.4) is 0 Å². The number of nitrogens with zero attached hydrogens (tertiary/aromatic N) is 2. The fourth-order valence-corrected chi connectivity index (χ4v) is 4.65. The van der Waals surface area contributed by atoms with Gasteiger partial charge in [-0.2, -0.15) is 13.2 Å². The molecule has 1 aliphatic rings. The molecule has 0 spiro atoms. The van der Waals surface area contributed by atoms with Crippen molar-refractivity contribution in [1.29, 1.82) is 0 Å². The van der Waals surface area contributed by atoms with Gasteiger partial charge in [0.25, 0.3) is 0 Å². The van der Waals surface area contributed by atoms with Crippen molar-refractivity contribution in [2.75, 3.05) is 60.7 Å². The summed E-state index contributed by atoms with van der Waals surface area (Å²) in [5.74, 6) is 0.774. The van der Waals surface area contributed by atoms with E-state index in [0.29, 0.717) is 44.9 Å². The first-order chi connectivity index (χ1) is 16.7. The molecular weight excluding hydrogens is 461 g/mol. The molecule has 3 rings (SSSR count). The molecule has 6 nitrogen and oxygen atoms in total. The minimum absolute atomic E-state index is 0.0196. The van der Waals surface area contributed by atoms with Crippen LogP contribution in [0, 0.1) is 5.92 Å². The second-order valence-electron chi connectivity index (χ2n) is 8.80. The van der Waals surface area contributed by atoms with E-state index in [9.17, 15) is 18.0 Å². The van der Waals surface area contributed by atoms with E-state index in [1.807, 2.05) is 24.3 Å². The number of likely N-dealkylation sites (tertiary alicyclic amines) is 1. The van der Waals surface area contributed by atoms with E-state index in [1.54, 1.807) is 25.2 Å². The van der Waals surface area contributed by atoms with Crippen LogP contribution >= 0.6 is 0 Å². The van der Waals surface area contributed by atoms with Crippen molar-refractivity contribution in [3.05, 3.63) is 65.2 Å². The first kappa shape index (κ1) is 27.0. The van der Waals surface area contributed by atoms with Crippen LogP contribution in [0.5, 0.6) is 5.75 Å². The number of halogens is 3. The molecular formula is C26H33F3N2O4. The van der Waals surface area contributed by atoms with Crippen LogP contribution in [-0.4, -0.2) is 76.4 Å². The van der Waals surface area contributed by atoms with Crippen molar-refractivity contribution in [1.82, 2.24) is 9.80 Å². The molecule has 1 heterocycles. The number of alkyl halides is 3. The Balaban J connectivity index is 1.84. The van der Waals surface area contributed by atoms with Gasteiger partial charge in [0.2, 0.25) is 5.91 Å². The van der Waals surface area contributed by atoms with Crippen LogP contribution < -0.4 is 4.74 Å². The number of methoxy groups -OCH3 is 3. The summed E-state index contributed by atoms with van der Waals surface area (Å²) >= 11 is 0. The van der Waals surface area contributed by atoms with Gasteiger partial charge in [-0.25, -0.2) is 0 Å². The summed E-state index contributed by atoms with van der Waals surface area (Å²) in [5.41, 5.74) is 1.04. The van der Waals surface area contributed by atoms with E-state index in [2.05, 4.69) is 4.90 Å². The van der Waals surface area contributed by atoms with Gasteiger partial charge < -0.3 is 19.1 Å². The molecule has 0 saturated carbocycles. The quantitative estimate of drug-likeness (QED) is 0.472. The molecule has 0 bridgehead atoms. The number of hydrogen-bond acceptors (Lipinski definition) is 5. The summed E-state index contributed by atoms with van der Waals surface area (Å²) in [4.78, 5) is 16.6. The average molecular weight is 495 g/mol. The lowest BCUT2D eigenvalue weighted by atomic mass is 9.88. The molecule has 1 aliphatic heterocycles. The normalized spacial score (nSPS) is 18.6. The fourth-order valence-electron chi connectivity index (χ4n) is 4.65. The van der Waals surface area contributed by atoms with Gasteiger partial charge in [0.05, 0.1) is 19.3 Å². The smallest absolute Gasteiger partial charge is 0.416 e. The summed E-state index contributed by atoms with van der Waals surface area (Å²) in [6.45, 7) is 3.01. The lowest BCUT2D eigenvalue weighted by molar-refractivity contribution is -0.138. The predicted octanol–water partition coefficient (Wildman–Crippen LogP) is 4.05. The largest absolute Gasteiger partial charge is 0.497 e. The molecule has 35 heavy (non-hydrogen) atoms. The summed E-state index contributed by atoms with van der Waals surface area (Å²) in [6.07, 6.45) is -4.38. The first-order valence-electron chi connectivity index (χ1n) is 11.5. The summed E-state index contributed by atoms with van der Waals surface area (Å²) in [6, 6.07) is 13.3. The molecule has 9 heteroatoms. The Hall–Kier alpha value is -2.62. The lowest BCUT2D eigenvalue weighted by Crippen LogP contribution is -2.41. The van der Waals surface area contributed by atoms with E-state index in [-0.39, 0.29) is 24.3 Å². The summed E-state index contributed by atoms with van der Waals surface area (Å²) < 4.78 is 55.3. The molecule has 1 amide bonds.